The summed E-state index contributed by atoms with van der Waals surface area (Å²) in [6.45, 7) is 34.1. The zero-order chi connectivity index (χ0) is 61.7. The first-order chi connectivity index (χ1) is 42.0. The normalized spacial score (nSPS) is 14.1. The predicted molar refractivity (Wildman–Crippen MR) is 325 cm³/mol. The molecule has 0 saturated heterocycles. The molecular weight excluding hydrogens is 1110 g/mol. The largest absolute Gasteiger partial charge is 0.379 e. The third kappa shape index (κ3) is 63.0. The second kappa shape index (κ2) is 72.1. The van der Waals surface area contributed by atoms with Crippen molar-refractivity contribution in [1.29, 1.82) is 0 Å². The van der Waals surface area contributed by atoms with Gasteiger partial charge in [-0.05, 0) is 51.4 Å². The molecule has 6 atom stereocenters. The summed E-state index contributed by atoms with van der Waals surface area (Å²) < 4.78 is 137. The molecule has 0 aromatic heterocycles. The van der Waals surface area contributed by atoms with Crippen LogP contribution in [0.3, 0.4) is 0 Å². The molecule has 512 valence electrons. The Labute approximate surface area is 515 Å². The molecule has 0 heterocycles. The molecule has 0 bridgehead atoms. The molecule has 0 aliphatic carbocycles. The summed E-state index contributed by atoms with van der Waals surface area (Å²) >= 11 is 0. The van der Waals surface area contributed by atoms with Crippen molar-refractivity contribution >= 4 is 0 Å². The highest BCUT2D eigenvalue weighted by Gasteiger charge is 2.20. The van der Waals surface area contributed by atoms with Crippen molar-refractivity contribution in [3.8, 4) is 0 Å². The third-order valence-electron chi connectivity index (χ3n) is 11.4. The first-order valence-corrected chi connectivity index (χ1v) is 32.5. The maximum Gasteiger partial charge on any atom is 0.104 e. The van der Waals surface area contributed by atoms with E-state index in [1.54, 1.807) is 0 Å². The molecule has 23 nitrogen and oxygen atoms in total. The molecule has 0 radical (unpaired) electrons. The second-order valence-electron chi connectivity index (χ2n) is 19.9. The van der Waals surface area contributed by atoms with E-state index in [9.17, 15) is 0 Å². The lowest BCUT2D eigenvalue weighted by Gasteiger charge is -2.24. The molecule has 0 rings (SSSR count). The topological polar surface area (TPSA) is 212 Å². The van der Waals surface area contributed by atoms with Crippen molar-refractivity contribution in [2.24, 2.45) is 0 Å². The molecule has 0 aliphatic heterocycles. The van der Waals surface area contributed by atoms with Crippen molar-refractivity contribution in [2.45, 2.75) is 143 Å². The van der Waals surface area contributed by atoms with Crippen LogP contribution in [0.5, 0.6) is 0 Å². The molecule has 0 saturated carbocycles. The fourth-order valence-corrected chi connectivity index (χ4v) is 7.24. The smallest absolute Gasteiger partial charge is 0.104 e. The minimum atomic E-state index is -0.428. The quantitative estimate of drug-likeness (QED) is 0.0569. The number of rotatable bonds is 76. The first kappa shape index (κ1) is 84.1. The van der Waals surface area contributed by atoms with Crippen LogP contribution in [0.25, 0.3) is 0 Å². The highest BCUT2D eigenvalue weighted by Crippen LogP contribution is 2.07. The van der Waals surface area contributed by atoms with Crippen molar-refractivity contribution in [3.05, 3.63) is 0 Å². The van der Waals surface area contributed by atoms with Crippen LogP contribution in [0.4, 0.5) is 0 Å². The van der Waals surface area contributed by atoms with Gasteiger partial charge in [-0.3, -0.25) is 0 Å². The molecule has 0 aromatic rings. The molecule has 0 aliphatic rings. The van der Waals surface area contributed by atoms with E-state index < -0.39 is 24.4 Å². The number of hydrogen-bond donors (Lipinski definition) is 0. The number of hydrogen-bond acceptors (Lipinski definition) is 23. The van der Waals surface area contributed by atoms with Gasteiger partial charge in [0.05, 0.1) is 211 Å². The van der Waals surface area contributed by atoms with Crippen LogP contribution in [0.1, 0.15) is 107 Å². The molecule has 6 unspecified atom stereocenters. The van der Waals surface area contributed by atoms with Crippen LogP contribution in [0.2, 0.25) is 0 Å². The van der Waals surface area contributed by atoms with E-state index in [1.165, 1.54) is 0 Å². The van der Waals surface area contributed by atoms with Crippen LogP contribution in [-0.4, -0.2) is 301 Å². The maximum absolute atomic E-state index is 6.34. The van der Waals surface area contributed by atoms with E-state index in [2.05, 4.69) is 55.4 Å². The molecule has 0 N–H and O–H groups in total. The van der Waals surface area contributed by atoms with E-state index in [-0.39, 0.29) is 78.3 Å². The molecule has 85 heavy (non-hydrogen) atoms. The van der Waals surface area contributed by atoms with Crippen molar-refractivity contribution < 1.29 is 109 Å². The zero-order valence-electron chi connectivity index (χ0n) is 54.8. The van der Waals surface area contributed by atoms with Gasteiger partial charge < -0.3 is 109 Å². The number of ether oxygens (including phenoxy) is 23. The minimum Gasteiger partial charge on any atom is -0.379 e. The van der Waals surface area contributed by atoms with E-state index in [4.69, 9.17) is 109 Å². The average Bonchev–Trinajstić information content (AvgIpc) is 3.52. The molecular formula is C62H126O23. The second-order valence-corrected chi connectivity index (χ2v) is 19.9. The molecule has 0 spiro atoms. The highest BCUT2D eigenvalue weighted by atomic mass is 16.6. The summed E-state index contributed by atoms with van der Waals surface area (Å²) in [5, 5.41) is 0. The van der Waals surface area contributed by atoms with Crippen molar-refractivity contribution in [3.63, 3.8) is 0 Å². The Kier molecular flexibility index (Phi) is 71.4. The van der Waals surface area contributed by atoms with Crippen molar-refractivity contribution in [2.75, 3.05) is 264 Å². The Morgan fingerprint density at radius 1 is 0.129 bits per heavy atom. The fraction of sp³-hybridized carbons (Fsp3) is 1.00. The molecule has 23 heteroatoms. The van der Waals surface area contributed by atoms with Gasteiger partial charge in [-0.25, -0.2) is 0 Å². The van der Waals surface area contributed by atoms with E-state index >= 15 is 0 Å². The lowest BCUT2D eigenvalue weighted by molar-refractivity contribution is -0.130. The van der Waals surface area contributed by atoms with Crippen LogP contribution in [0.15, 0.2) is 0 Å². The fourth-order valence-electron chi connectivity index (χ4n) is 7.24. The SMILES string of the molecule is CCCOCCOCCOCC(COCC(COCC(COCC(COCC(COCC(COCCOCCOCCC)OCCOCCC)OCCOCCC)OCCOCCC)OCCOCCC)OCCOCCC)OCCOCCC. The van der Waals surface area contributed by atoms with Gasteiger partial charge >= 0.3 is 0 Å². The van der Waals surface area contributed by atoms with Gasteiger partial charge in [0.1, 0.15) is 36.6 Å². The first-order valence-electron chi connectivity index (χ1n) is 32.5. The van der Waals surface area contributed by atoms with Gasteiger partial charge in [-0.2, -0.15) is 0 Å². The molecule has 0 fully saturated rings. The van der Waals surface area contributed by atoms with Crippen molar-refractivity contribution in [1.82, 2.24) is 0 Å². The Balaban J connectivity index is 5.83. The molecule has 0 amide bonds. The van der Waals surface area contributed by atoms with Crippen LogP contribution < -0.4 is 0 Å². The Morgan fingerprint density at radius 2 is 0.247 bits per heavy atom. The van der Waals surface area contributed by atoms with Gasteiger partial charge in [0, 0.05) is 52.9 Å². The lowest BCUT2D eigenvalue weighted by Crippen LogP contribution is -2.35. The van der Waals surface area contributed by atoms with Gasteiger partial charge in [-0.15, -0.1) is 0 Å². The standard InChI is InChI=1S/C62H126O23/c1-9-17-63-25-27-71-29-31-73-45-57(80-39-33-65-19-11-3)47-75-49-59(82-41-35-67-21-13-5)51-77-53-61(84-43-37-69-23-15-7)55-79-56-62(85-44-38-70-24-16-8)54-78-52-60(83-42-36-68-22-14-6)50-76-48-58(81-40-34-66-20-12-4)46-74-32-30-72-28-26-64-18-10-2/h57-62H,9-56H2,1-8H3. The Morgan fingerprint density at radius 3 is 0.400 bits per heavy atom. The third-order valence-corrected chi connectivity index (χ3v) is 11.4. The van der Waals surface area contributed by atoms with Crippen LogP contribution in [0, 0.1) is 0 Å². The van der Waals surface area contributed by atoms with E-state index in [0.717, 1.165) is 64.6 Å². The zero-order valence-corrected chi connectivity index (χ0v) is 54.8. The van der Waals surface area contributed by atoms with Gasteiger partial charge in [0.15, 0.2) is 0 Å². The summed E-state index contributed by atoms with van der Waals surface area (Å²) in [5.41, 5.74) is 0. The summed E-state index contributed by atoms with van der Waals surface area (Å²) in [5.74, 6) is 0. The average molecular weight is 1240 g/mol. The van der Waals surface area contributed by atoms with Crippen LogP contribution in [-0.2, 0) is 109 Å². The summed E-state index contributed by atoms with van der Waals surface area (Å²) in [6.07, 6.45) is 5.17. The summed E-state index contributed by atoms with van der Waals surface area (Å²) in [4.78, 5) is 0. The predicted octanol–water partition coefficient (Wildman–Crippen LogP) is 6.86. The van der Waals surface area contributed by atoms with Gasteiger partial charge in [0.2, 0.25) is 0 Å². The van der Waals surface area contributed by atoms with Crippen LogP contribution >= 0.6 is 0 Å². The Hall–Kier alpha value is -0.920. The van der Waals surface area contributed by atoms with Gasteiger partial charge in [0.25, 0.3) is 0 Å². The highest BCUT2D eigenvalue weighted by molar-refractivity contribution is 4.66. The summed E-state index contributed by atoms with van der Waals surface area (Å²) in [6, 6.07) is 0. The van der Waals surface area contributed by atoms with Gasteiger partial charge in [-0.1, -0.05) is 55.4 Å². The minimum absolute atomic E-state index is 0.224. The maximum atomic E-state index is 6.34. The van der Waals surface area contributed by atoms with E-state index in [1.807, 2.05) is 0 Å². The van der Waals surface area contributed by atoms with E-state index in [0.29, 0.717) is 185 Å². The monoisotopic (exact) mass is 1240 g/mol. The molecule has 0 aromatic carbocycles. The summed E-state index contributed by atoms with van der Waals surface area (Å²) in [7, 11) is 0. The lowest BCUT2D eigenvalue weighted by atomic mass is 10.3. The Bertz CT molecular complexity index is 1140.